The fourth-order valence-electron chi connectivity index (χ4n) is 4.17. The number of H-pyrrole nitrogens is 1. The Morgan fingerprint density at radius 3 is 2.90 bits per heavy atom. The summed E-state index contributed by atoms with van der Waals surface area (Å²) >= 11 is 1.41. The SMILES string of the molecule is CC(C)(C)C1CC(n2ccsc2=NC(=O)c2c[nH]c3ncccc23)CCN1C(=O)O. The first-order valence-corrected chi connectivity index (χ1v) is 10.8. The number of fused-ring (bicyclic) bond motifs is 1. The van der Waals surface area contributed by atoms with Gasteiger partial charge in [-0.05, 0) is 30.4 Å². The Bertz CT molecular complexity index is 1150. The maximum absolute atomic E-state index is 12.9. The Balaban J connectivity index is 1.65. The molecule has 2 atom stereocenters. The molecule has 2 unspecified atom stereocenters. The third kappa shape index (κ3) is 3.77. The van der Waals surface area contributed by atoms with Gasteiger partial charge < -0.3 is 19.6 Å². The molecule has 3 aromatic rings. The minimum absolute atomic E-state index is 0.0901. The summed E-state index contributed by atoms with van der Waals surface area (Å²) in [4.78, 5) is 38.4. The fraction of sp³-hybridized carbons (Fsp3) is 0.429. The van der Waals surface area contributed by atoms with Gasteiger partial charge in [0.2, 0.25) is 0 Å². The van der Waals surface area contributed by atoms with E-state index in [1.54, 1.807) is 23.4 Å². The number of rotatable bonds is 2. The predicted octanol–water partition coefficient (Wildman–Crippen LogP) is 3.90. The van der Waals surface area contributed by atoms with Gasteiger partial charge in [-0.1, -0.05) is 20.8 Å². The summed E-state index contributed by atoms with van der Waals surface area (Å²) in [7, 11) is 0. The highest BCUT2D eigenvalue weighted by molar-refractivity contribution is 7.07. The molecule has 8 nitrogen and oxygen atoms in total. The zero-order valence-corrected chi connectivity index (χ0v) is 18.0. The van der Waals surface area contributed by atoms with Crippen molar-refractivity contribution in [2.24, 2.45) is 10.4 Å². The highest BCUT2D eigenvalue weighted by Gasteiger charge is 2.39. The molecule has 158 valence electrons. The minimum atomic E-state index is -0.878. The van der Waals surface area contributed by atoms with Crippen molar-refractivity contribution in [1.29, 1.82) is 0 Å². The number of hydrogen-bond donors (Lipinski definition) is 2. The molecule has 0 radical (unpaired) electrons. The lowest BCUT2D eigenvalue weighted by Gasteiger charge is -2.44. The lowest BCUT2D eigenvalue weighted by atomic mass is 9.79. The van der Waals surface area contributed by atoms with Crippen molar-refractivity contribution in [1.82, 2.24) is 19.4 Å². The number of aromatic amines is 1. The van der Waals surface area contributed by atoms with Gasteiger partial charge >= 0.3 is 6.09 Å². The number of hydrogen-bond acceptors (Lipinski definition) is 4. The topological polar surface area (TPSA) is 104 Å². The van der Waals surface area contributed by atoms with Crippen LogP contribution in [-0.2, 0) is 0 Å². The quantitative estimate of drug-likeness (QED) is 0.647. The lowest BCUT2D eigenvalue weighted by molar-refractivity contribution is 0.0424. The highest BCUT2D eigenvalue weighted by atomic mass is 32.1. The minimum Gasteiger partial charge on any atom is -0.465 e. The molecular formula is C21H25N5O3S. The number of likely N-dealkylation sites (tertiary alicyclic amines) is 1. The number of carbonyl (C=O) groups excluding carboxylic acids is 1. The number of aromatic nitrogens is 3. The third-order valence-electron chi connectivity index (χ3n) is 5.71. The number of carbonyl (C=O) groups is 2. The molecule has 4 heterocycles. The van der Waals surface area contributed by atoms with Crippen molar-refractivity contribution in [3.8, 4) is 0 Å². The van der Waals surface area contributed by atoms with Crippen LogP contribution in [0.4, 0.5) is 4.79 Å². The van der Waals surface area contributed by atoms with E-state index in [1.165, 1.54) is 11.3 Å². The summed E-state index contributed by atoms with van der Waals surface area (Å²) in [5, 5.41) is 12.3. The third-order valence-corrected chi connectivity index (χ3v) is 6.48. The first-order chi connectivity index (χ1) is 14.3. The molecular weight excluding hydrogens is 402 g/mol. The number of thiazole rings is 1. The van der Waals surface area contributed by atoms with Gasteiger partial charge in [-0.15, -0.1) is 11.3 Å². The van der Waals surface area contributed by atoms with Crippen molar-refractivity contribution >= 4 is 34.4 Å². The Morgan fingerprint density at radius 1 is 1.37 bits per heavy atom. The van der Waals surface area contributed by atoms with E-state index in [0.29, 0.717) is 35.4 Å². The summed E-state index contributed by atoms with van der Waals surface area (Å²) in [5.41, 5.74) is 0.966. The van der Waals surface area contributed by atoms with E-state index in [9.17, 15) is 14.7 Å². The predicted molar refractivity (Wildman–Crippen MR) is 115 cm³/mol. The molecule has 1 fully saturated rings. The summed E-state index contributed by atoms with van der Waals surface area (Å²) in [6, 6.07) is 3.62. The zero-order valence-electron chi connectivity index (χ0n) is 17.2. The number of pyridine rings is 1. The Kier molecular flexibility index (Phi) is 5.23. The average molecular weight is 428 g/mol. The van der Waals surface area contributed by atoms with Crippen LogP contribution in [0.25, 0.3) is 11.0 Å². The normalized spacial score (nSPS) is 20.6. The number of nitrogens with zero attached hydrogens (tertiary/aromatic N) is 4. The monoisotopic (exact) mass is 427 g/mol. The van der Waals surface area contributed by atoms with Crippen LogP contribution in [0.2, 0.25) is 0 Å². The van der Waals surface area contributed by atoms with Gasteiger partial charge in [-0.2, -0.15) is 4.99 Å². The molecule has 0 aliphatic carbocycles. The molecule has 1 aliphatic heterocycles. The molecule has 2 N–H and O–H groups in total. The van der Waals surface area contributed by atoms with E-state index in [4.69, 9.17) is 0 Å². The average Bonchev–Trinajstić information content (AvgIpc) is 3.33. The molecule has 4 rings (SSSR count). The van der Waals surface area contributed by atoms with E-state index >= 15 is 0 Å². The van der Waals surface area contributed by atoms with Gasteiger partial charge in [0.1, 0.15) is 5.65 Å². The second-order valence-electron chi connectivity index (χ2n) is 8.65. The Labute approximate surface area is 177 Å². The maximum atomic E-state index is 12.9. The molecule has 1 saturated heterocycles. The van der Waals surface area contributed by atoms with E-state index in [2.05, 4.69) is 35.7 Å². The van der Waals surface area contributed by atoms with Crippen LogP contribution in [0.5, 0.6) is 0 Å². The molecule has 0 bridgehead atoms. The van der Waals surface area contributed by atoms with Gasteiger partial charge in [0, 0.05) is 48.0 Å². The van der Waals surface area contributed by atoms with Gasteiger partial charge in [0.25, 0.3) is 5.91 Å². The molecule has 2 amide bonds. The Hall–Kier alpha value is -2.94. The molecule has 30 heavy (non-hydrogen) atoms. The van der Waals surface area contributed by atoms with Crippen molar-refractivity contribution in [3.63, 3.8) is 0 Å². The number of piperidine rings is 1. The standard InChI is InChI=1S/C21H25N5O3S/c1-21(2,3)16-11-13(6-8-26(16)20(28)29)25-9-10-30-19(25)24-18(27)15-12-23-17-14(15)5-4-7-22-17/h4-5,7,9-10,12-13,16H,6,8,11H2,1-3H3,(H,22,23)(H,28,29). The van der Waals surface area contributed by atoms with Gasteiger partial charge in [0.15, 0.2) is 4.80 Å². The van der Waals surface area contributed by atoms with Crippen molar-refractivity contribution in [2.45, 2.75) is 45.7 Å². The summed E-state index contributed by atoms with van der Waals surface area (Å²) in [5.74, 6) is -0.319. The second kappa shape index (κ2) is 7.71. The van der Waals surface area contributed by atoms with Crippen LogP contribution in [0, 0.1) is 5.41 Å². The molecule has 0 aromatic carbocycles. The van der Waals surface area contributed by atoms with Gasteiger partial charge in [-0.25, -0.2) is 9.78 Å². The van der Waals surface area contributed by atoms with Crippen molar-refractivity contribution in [3.05, 3.63) is 46.5 Å². The molecule has 1 aliphatic rings. The second-order valence-corrected chi connectivity index (χ2v) is 9.52. The largest absolute Gasteiger partial charge is 0.465 e. The number of carboxylic acid groups (broad SMARTS) is 1. The lowest BCUT2D eigenvalue weighted by Crippen LogP contribution is -2.52. The van der Waals surface area contributed by atoms with Crippen LogP contribution in [-0.4, -0.2) is 49.1 Å². The first-order valence-electron chi connectivity index (χ1n) is 9.92. The van der Waals surface area contributed by atoms with Gasteiger partial charge in [-0.3, -0.25) is 4.79 Å². The fourth-order valence-corrected chi connectivity index (χ4v) is 4.95. The summed E-state index contributed by atoms with van der Waals surface area (Å²) < 4.78 is 2.02. The van der Waals surface area contributed by atoms with E-state index in [1.807, 2.05) is 22.2 Å². The van der Waals surface area contributed by atoms with E-state index in [0.717, 1.165) is 5.39 Å². The number of nitrogens with one attached hydrogen (secondary N) is 1. The van der Waals surface area contributed by atoms with Crippen LogP contribution < -0.4 is 4.80 Å². The van der Waals surface area contributed by atoms with Gasteiger partial charge in [0.05, 0.1) is 5.56 Å². The molecule has 0 spiro atoms. The van der Waals surface area contributed by atoms with E-state index in [-0.39, 0.29) is 23.4 Å². The Morgan fingerprint density at radius 2 is 2.17 bits per heavy atom. The highest BCUT2D eigenvalue weighted by Crippen LogP contribution is 2.36. The van der Waals surface area contributed by atoms with Crippen LogP contribution in [0.3, 0.4) is 0 Å². The molecule has 3 aromatic heterocycles. The molecule has 9 heteroatoms. The summed E-state index contributed by atoms with van der Waals surface area (Å²) in [6.07, 6.45) is 5.75. The van der Waals surface area contributed by atoms with Crippen molar-refractivity contribution in [2.75, 3.05) is 6.54 Å². The van der Waals surface area contributed by atoms with Crippen LogP contribution in [0.15, 0.2) is 41.1 Å². The van der Waals surface area contributed by atoms with Crippen molar-refractivity contribution < 1.29 is 14.7 Å². The van der Waals surface area contributed by atoms with Crippen LogP contribution >= 0.6 is 11.3 Å². The van der Waals surface area contributed by atoms with Crippen LogP contribution in [0.1, 0.15) is 50.0 Å². The number of amides is 2. The zero-order chi connectivity index (χ0) is 21.5. The molecule has 0 saturated carbocycles. The smallest absolute Gasteiger partial charge is 0.407 e. The first kappa shape index (κ1) is 20.3. The van der Waals surface area contributed by atoms with E-state index < -0.39 is 6.09 Å². The maximum Gasteiger partial charge on any atom is 0.407 e. The summed E-state index contributed by atoms with van der Waals surface area (Å²) in [6.45, 7) is 6.66.